The van der Waals surface area contributed by atoms with E-state index in [4.69, 9.17) is 9.47 Å². The average molecular weight is 186 g/mol. The van der Waals surface area contributed by atoms with Crippen molar-refractivity contribution in [1.82, 2.24) is 0 Å². The Morgan fingerprint density at radius 3 is 2.23 bits per heavy atom. The van der Waals surface area contributed by atoms with Crippen molar-refractivity contribution < 1.29 is 14.3 Å². The summed E-state index contributed by atoms with van der Waals surface area (Å²) in [5, 5.41) is 0. The van der Waals surface area contributed by atoms with E-state index in [0.717, 1.165) is 0 Å². The number of hydrogen-bond donors (Lipinski definition) is 0. The first-order valence-corrected chi connectivity index (χ1v) is 4.67. The zero-order chi connectivity index (χ0) is 10.1. The van der Waals surface area contributed by atoms with Crippen LogP contribution in [0.1, 0.15) is 20.8 Å². The quantitative estimate of drug-likeness (QED) is 0.626. The summed E-state index contributed by atoms with van der Waals surface area (Å²) in [7, 11) is 1.45. The SMILES string of the molecule is COC(=O)C(C(C)C)C1(C)COC1. The van der Waals surface area contributed by atoms with Crippen LogP contribution in [0, 0.1) is 17.3 Å². The van der Waals surface area contributed by atoms with Crippen LogP contribution in [0.3, 0.4) is 0 Å². The molecule has 0 amide bonds. The van der Waals surface area contributed by atoms with E-state index in [-0.39, 0.29) is 17.3 Å². The van der Waals surface area contributed by atoms with E-state index < -0.39 is 0 Å². The fourth-order valence-corrected chi connectivity index (χ4v) is 2.09. The van der Waals surface area contributed by atoms with Gasteiger partial charge in [-0.1, -0.05) is 20.8 Å². The third kappa shape index (κ3) is 1.85. The van der Waals surface area contributed by atoms with Crippen LogP contribution in [0.15, 0.2) is 0 Å². The van der Waals surface area contributed by atoms with Gasteiger partial charge in [-0.2, -0.15) is 0 Å². The van der Waals surface area contributed by atoms with Crippen LogP contribution in [0.4, 0.5) is 0 Å². The molecule has 0 N–H and O–H groups in total. The second-order valence-electron chi connectivity index (χ2n) is 4.39. The zero-order valence-electron chi connectivity index (χ0n) is 8.79. The monoisotopic (exact) mass is 186 g/mol. The van der Waals surface area contributed by atoms with Crippen LogP contribution >= 0.6 is 0 Å². The first kappa shape index (κ1) is 10.5. The number of methoxy groups -OCH3 is 1. The first-order chi connectivity index (χ1) is 6.01. The summed E-state index contributed by atoms with van der Waals surface area (Å²) in [6.07, 6.45) is 0. The molecular weight excluding hydrogens is 168 g/mol. The minimum atomic E-state index is -0.110. The van der Waals surface area contributed by atoms with Crippen LogP contribution in [-0.2, 0) is 14.3 Å². The van der Waals surface area contributed by atoms with Gasteiger partial charge in [0.1, 0.15) is 0 Å². The lowest BCUT2D eigenvalue weighted by molar-refractivity contribution is -0.179. The lowest BCUT2D eigenvalue weighted by Crippen LogP contribution is -2.51. The molecule has 0 aromatic heterocycles. The Morgan fingerprint density at radius 2 is 2.00 bits per heavy atom. The summed E-state index contributed by atoms with van der Waals surface area (Å²) in [4.78, 5) is 11.5. The van der Waals surface area contributed by atoms with Crippen LogP contribution in [0.5, 0.6) is 0 Å². The smallest absolute Gasteiger partial charge is 0.309 e. The zero-order valence-corrected chi connectivity index (χ0v) is 8.79. The average Bonchev–Trinajstić information content (AvgIpc) is 2.00. The Balaban J connectivity index is 2.73. The maximum atomic E-state index is 11.5. The fraction of sp³-hybridized carbons (Fsp3) is 0.900. The second-order valence-corrected chi connectivity index (χ2v) is 4.39. The molecule has 1 aliphatic heterocycles. The number of carbonyl (C=O) groups excluding carboxylic acids is 1. The standard InChI is InChI=1S/C10H18O3/c1-7(2)8(9(11)12-4)10(3)5-13-6-10/h7-8H,5-6H2,1-4H3. The molecule has 1 rings (SSSR count). The normalized spacial score (nSPS) is 22.2. The Labute approximate surface area is 79.4 Å². The molecule has 0 saturated carbocycles. The predicted molar refractivity (Wildman–Crippen MR) is 49.3 cm³/mol. The molecule has 1 unspecified atom stereocenters. The van der Waals surface area contributed by atoms with Crippen molar-refractivity contribution in [3.8, 4) is 0 Å². The molecule has 0 radical (unpaired) electrons. The Bertz CT molecular complexity index is 194. The highest BCUT2D eigenvalue weighted by Gasteiger charge is 2.47. The number of ether oxygens (including phenoxy) is 2. The molecule has 1 fully saturated rings. The van der Waals surface area contributed by atoms with Crippen molar-refractivity contribution in [3.05, 3.63) is 0 Å². The van der Waals surface area contributed by atoms with E-state index >= 15 is 0 Å². The predicted octanol–water partition coefficient (Wildman–Crippen LogP) is 1.47. The summed E-state index contributed by atoms with van der Waals surface area (Å²) in [6.45, 7) is 7.52. The molecule has 0 aromatic rings. The lowest BCUT2D eigenvalue weighted by atomic mass is 9.70. The van der Waals surface area contributed by atoms with E-state index in [0.29, 0.717) is 19.1 Å². The summed E-state index contributed by atoms with van der Waals surface area (Å²) in [5.41, 5.74) is -0.0126. The van der Waals surface area contributed by atoms with Gasteiger partial charge < -0.3 is 9.47 Å². The van der Waals surface area contributed by atoms with Crippen LogP contribution < -0.4 is 0 Å². The molecule has 0 spiro atoms. The third-order valence-corrected chi connectivity index (χ3v) is 2.74. The summed E-state index contributed by atoms with van der Waals surface area (Å²) >= 11 is 0. The van der Waals surface area contributed by atoms with Gasteiger partial charge in [0.25, 0.3) is 0 Å². The molecule has 3 nitrogen and oxygen atoms in total. The van der Waals surface area contributed by atoms with Crippen molar-refractivity contribution in [2.24, 2.45) is 17.3 Å². The minimum absolute atomic E-state index is 0.0126. The molecule has 0 aliphatic carbocycles. The molecule has 3 heteroatoms. The molecule has 1 atom stereocenters. The van der Waals surface area contributed by atoms with E-state index in [1.54, 1.807) is 0 Å². The molecule has 0 bridgehead atoms. The first-order valence-electron chi connectivity index (χ1n) is 4.67. The van der Waals surface area contributed by atoms with E-state index in [9.17, 15) is 4.79 Å². The fourth-order valence-electron chi connectivity index (χ4n) is 2.09. The molecule has 1 saturated heterocycles. The van der Waals surface area contributed by atoms with E-state index in [2.05, 4.69) is 6.92 Å². The van der Waals surface area contributed by atoms with Crippen molar-refractivity contribution in [1.29, 1.82) is 0 Å². The molecule has 76 valence electrons. The molecule has 1 aliphatic rings. The van der Waals surface area contributed by atoms with Crippen molar-refractivity contribution in [2.45, 2.75) is 20.8 Å². The van der Waals surface area contributed by atoms with Gasteiger partial charge in [-0.3, -0.25) is 4.79 Å². The number of hydrogen-bond acceptors (Lipinski definition) is 3. The van der Waals surface area contributed by atoms with Crippen LogP contribution in [0.2, 0.25) is 0 Å². The van der Waals surface area contributed by atoms with Crippen LogP contribution in [0.25, 0.3) is 0 Å². The molecular formula is C10H18O3. The molecule has 13 heavy (non-hydrogen) atoms. The summed E-state index contributed by atoms with van der Waals surface area (Å²) in [6, 6.07) is 0. The highest BCUT2D eigenvalue weighted by Crippen LogP contribution is 2.40. The van der Waals surface area contributed by atoms with E-state index in [1.165, 1.54) is 7.11 Å². The Hall–Kier alpha value is -0.570. The largest absolute Gasteiger partial charge is 0.469 e. The maximum Gasteiger partial charge on any atom is 0.309 e. The van der Waals surface area contributed by atoms with Gasteiger partial charge >= 0.3 is 5.97 Å². The molecule has 1 heterocycles. The number of carbonyl (C=O) groups is 1. The van der Waals surface area contributed by atoms with Gasteiger partial charge in [-0.05, 0) is 5.92 Å². The second kappa shape index (κ2) is 3.66. The Morgan fingerprint density at radius 1 is 1.46 bits per heavy atom. The number of rotatable bonds is 3. The molecule has 0 aromatic carbocycles. The van der Waals surface area contributed by atoms with Gasteiger partial charge in [0.15, 0.2) is 0 Å². The topological polar surface area (TPSA) is 35.5 Å². The van der Waals surface area contributed by atoms with Crippen molar-refractivity contribution in [3.63, 3.8) is 0 Å². The summed E-state index contributed by atoms with van der Waals surface area (Å²) < 4.78 is 9.96. The van der Waals surface area contributed by atoms with Gasteiger partial charge in [0, 0.05) is 5.41 Å². The van der Waals surface area contributed by atoms with Gasteiger partial charge in [-0.25, -0.2) is 0 Å². The lowest BCUT2D eigenvalue weighted by Gasteiger charge is -2.44. The summed E-state index contributed by atoms with van der Waals surface area (Å²) in [5.74, 6) is 0.161. The Kier molecular flexibility index (Phi) is 2.96. The highest BCUT2D eigenvalue weighted by molar-refractivity contribution is 5.73. The van der Waals surface area contributed by atoms with Gasteiger partial charge in [0.05, 0.1) is 26.2 Å². The minimum Gasteiger partial charge on any atom is -0.469 e. The van der Waals surface area contributed by atoms with Crippen molar-refractivity contribution >= 4 is 5.97 Å². The van der Waals surface area contributed by atoms with Gasteiger partial charge in [-0.15, -0.1) is 0 Å². The maximum absolute atomic E-state index is 11.5. The van der Waals surface area contributed by atoms with Gasteiger partial charge in [0.2, 0.25) is 0 Å². The number of esters is 1. The van der Waals surface area contributed by atoms with Crippen molar-refractivity contribution in [2.75, 3.05) is 20.3 Å². The van der Waals surface area contributed by atoms with Crippen LogP contribution in [-0.4, -0.2) is 26.3 Å². The van der Waals surface area contributed by atoms with E-state index in [1.807, 2.05) is 13.8 Å². The third-order valence-electron chi connectivity index (χ3n) is 2.74. The highest BCUT2D eigenvalue weighted by atomic mass is 16.5.